The van der Waals surface area contributed by atoms with Gasteiger partial charge in [0.1, 0.15) is 12.1 Å². The maximum atomic E-state index is 6.37. The molecule has 0 aliphatic rings. The van der Waals surface area contributed by atoms with Crippen LogP contribution < -0.4 is 4.90 Å². The number of aromatic nitrogens is 4. The molecule has 0 fully saturated rings. The van der Waals surface area contributed by atoms with E-state index >= 15 is 0 Å². The predicted molar refractivity (Wildman–Crippen MR) is 127 cm³/mol. The molecule has 0 radical (unpaired) electrons. The van der Waals surface area contributed by atoms with Crippen molar-refractivity contribution in [2.24, 2.45) is 0 Å². The van der Waals surface area contributed by atoms with Crippen LogP contribution >= 0.6 is 10.3 Å². The van der Waals surface area contributed by atoms with Crippen LogP contribution in [0.2, 0.25) is 0 Å². The molecule has 0 amide bonds. The molecule has 30 heavy (non-hydrogen) atoms. The first-order chi connectivity index (χ1) is 14.2. The summed E-state index contributed by atoms with van der Waals surface area (Å²) in [5.74, 6) is 1.44. The van der Waals surface area contributed by atoms with Crippen LogP contribution in [0.5, 0.6) is 0 Å². The van der Waals surface area contributed by atoms with E-state index in [1.54, 1.807) is 6.33 Å². The number of para-hydroxylation sites is 1. The van der Waals surface area contributed by atoms with Crippen LogP contribution in [-0.2, 0) is 10.8 Å². The Morgan fingerprint density at radius 3 is 2.60 bits per heavy atom. The van der Waals surface area contributed by atoms with Crippen molar-refractivity contribution < 1.29 is 4.18 Å². The zero-order chi connectivity index (χ0) is 21.5. The summed E-state index contributed by atoms with van der Waals surface area (Å²) in [6, 6.07) is 16.6. The van der Waals surface area contributed by atoms with E-state index in [9.17, 15) is 0 Å². The summed E-state index contributed by atoms with van der Waals surface area (Å²) in [7, 11) is 0.862. The lowest BCUT2D eigenvalue weighted by Crippen LogP contribution is -2.25. The van der Waals surface area contributed by atoms with E-state index in [2.05, 4.69) is 84.8 Å². The monoisotopic (exact) mass is 423 g/mol. The van der Waals surface area contributed by atoms with E-state index in [0.717, 1.165) is 28.0 Å². The largest absolute Gasteiger partial charge is 0.332 e. The molecule has 158 valence electrons. The average molecular weight is 424 g/mol. The third-order valence-corrected chi connectivity index (χ3v) is 9.41. The van der Waals surface area contributed by atoms with Crippen molar-refractivity contribution in [2.45, 2.75) is 32.1 Å². The van der Waals surface area contributed by atoms with Crippen LogP contribution in [0.1, 0.15) is 26.3 Å². The summed E-state index contributed by atoms with van der Waals surface area (Å²) in [4.78, 5) is 6.87. The van der Waals surface area contributed by atoms with Gasteiger partial charge < -0.3 is 9.08 Å². The van der Waals surface area contributed by atoms with Gasteiger partial charge in [-0.1, -0.05) is 45.0 Å². The highest BCUT2D eigenvalue weighted by molar-refractivity contribution is 8.29. The van der Waals surface area contributed by atoms with E-state index in [1.165, 1.54) is 0 Å². The Bertz CT molecular complexity index is 1200. The Hall–Kier alpha value is -2.64. The summed E-state index contributed by atoms with van der Waals surface area (Å²) in [6.45, 7) is 7.32. The lowest BCUT2D eigenvalue weighted by molar-refractivity contribution is 0.339. The Kier molecular flexibility index (Phi) is 5.20. The predicted octanol–water partition coefficient (Wildman–Crippen LogP) is 5.34. The van der Waals surface area contributed by atoms with Crippen LogP contribution in [-0.4, -0.2) is 43.9 Å². The lowest BCUT2D eigenvalue weighted by atomic mass is 10.2. The first kappa shape index (κ1) is 20.6. The van der Waals surface area contributed by atoms with Crippen LogP contribution in [0.3, 0.4) is 0 Å². The molecule has 7 heteroatoms. The number of hydrogen-bond acceptors (Lipinski definition) is 5. The molecule has 4 rings (SSSR count). The minimum Gasteiger partial charge on any atom is -0.332 e. The molecule has 0 saturated carbocycles. The van der Waals surface area contributed by atoms with E-state index in [4.69, 9.17) is 9.17 Å². The number of rotatable bonds is 5. The molecule has 0 unspecified atom stereocenters. The molecule has 2 aromatic heterocycles. The van der Waals surface area contributed by atoms with Gasteiger partial charge in [-0.15, -0.1) is 20.5 Å². The van der Waals surface area contributed by atoms with Gasteiger partial charge in [0.25, 0.3) is 5.78 Å². The number of benzene rings is 2. The van der Waals surface area contributed by atoms with E-state index in [-0.39, 0.29) is 4.75 Å². The average Bonchev–Trinajstić information content (AvgIpc) is 3.19. The highest BCUT2D eigenvalue weighted by Crippen LogP contribution is 2.54. The molecule has 0 spiro atoms. The molecule has 0 aliphatic heterocycles. The van der Waals surface area contributed by atoms with Crippen molar-refractivity contribution >= 4 is 38.5 Å². The van der Waals surface area contributed by atoms with Crippen LogP contribution in [0.4, 0.5) is 11.5 Å². The first-order valence-electron chi connectivity index (χ1n) is 9.96. The molecule has 0 N–H and O–H groups in total. The van der Waals surface area contributed by atoms with Crippen molar-refractivity contribution in [3.8, 4) is 0 Å². The topological polar surface area (TPSA) is 55.5 Å². The molecule has 6 nitrogen and oxygen atoms in total. The van der Waals surface area contributed by atoms with Gasteiger partial charge in [0, 0.05) is 22.9 Å². The van der Waals surface area contributed by atoms with Gasteiger partial charge in [0.05, 0.1) is 12.1 Å². The highest BCUT2D eigenvalue weighted by atomic mass is 32.3. The van der Waals surface area contributed by atoms with Gasteiger partial charge in [-0.2, -0.15) is 4.98 Å². The van der Waals surface area contributed by atoms with Gasteiger partial charge in [-0.05, 0) is 42.3 Å². The molecule has 4 aromatic rings. The number of fused-ring (bicyclic) bond motifs is 3. The van der Waals surface area contributed by atoms with Crippen LogP contribution in [0.25, 0.3) is 16.7 Å². The molecule has 2 aromatic carbocycles. The second-order valence-electron chi connectivity index (χ2n) is 8.79. The second-order valence-corrected chi connectivity index (χ2v) is 12.7. The quantitative estimate of drug-likeness (QED) is 0.434. The standard InChI is InChI=1S/C23H29N5OS/c1-23(2,3)30(5,6)29-15-17-10-9-11-18(14-17)27(4)21-19-12-7-8-13-20(19)28-16-24-26-22(28)25-21/h7-14,16H,15H2,1-6H3. The zero-order valence-corrected chi connectivity index (χ0v) is 19.3. The fourth-order valence-electron chi connectivity index (χ4n) is 3.13. The third kappa shape index (κ3) is 3.75. The van der Waals surface area contributed by atoms with Crippen molar-refractivity contribution in [1.29, 1.82) is 0 Å². The minimum absolute atomic E-state index is 0.137. The number of nitrogens with zero attached hydrogens (tertiary/aromatic N) is 5. The van der Waals surface area contributed by atoms with E-state index in [0.29, 0.717) is 12.4 Å². The molecule has 2 heterocycles. The molecular formula is C23H29N5OS. The summed E-state index contributed by atoms with van der Waals surface area (Å²) in [6.07, 6.45) is 6.16. The first-order valence-corrected chi connectivity index (χ1v) is 12.3. The summed E-state index contributed by atoms with van der Waals surface area (Å²) < 4.78 is 8.41. The van der Waals surface area contributed by atoms with Crippen molar-refractivity contribution in [3.63, 3.8) is 0 Å². The zero-order valence-electron chi connectivity index (χ0n) is 18.5. The van der Waals surface area contributed by atoms with Gasteiger partial charge in [-0.25, -0.2) is 0 Å². The number of hydrogen-bond donors (Lipinski definition) is 0. The summed E-state index contributed by atoms with van der Waals surface area (Å²) >= 11 is 0. The number of anilines is 2. The lowest BCUT2D eigenvalue weighted by Gasteiger charge is -2.43. The molecule has 0 bridgehead atoms. The highest BCUT2D eigenvalue weighted by Gasteiger charge is 2.28. The Morgan fingerprint density at radius 2 is 1.83 bits per heavy atom. The molecular weight excluding hydrogens is 394 g/mol. The Labute approximate surface area is 179 Å². The maximum Gasteiger partial charge on any atom is 0.257 e. The van der Waals surface area contributed by atoms with Crippen LogP contribution in [0, 0.1) is 0 Å². The van der Waals surface area contributed by atoms with Gasteiger partial charge in [0.2, 0.25) is 0 Å². The van der Waals surface area contributed by atoms with Crippen molar-refractivity contribution in [3.05, 3.63) is 60.4 Å². The Balaban J connectivity index is 1.67. The SMILES string of the molecule is CN(c1cccc(COS(C)(C)C(C)(C)C)c1)c1nc2nncn2c2ccccc12. The summed E-state index contributed by atoms with van der Waals surface area (Å²) in [5.41, 5.74) is 3.24. The van der Waals surface area contributed by atoms with Gasteiger partial charge >= 0.3 is 0 Å². The maximum absolute atomic E-state index is 6.37. The fraction of sp³-hybridized carbons (Fsp3) is 0.348. The molecule has 0 saturated heterocycles. The minimum atomic E-state index is -1.17. The van der Waals surface area contributed by atoms with Gasteiger partial charge in [0.15, 0.2) is 0 Å². The van der Waals surface area contributed by atoms with E-state index < -0.39 is 10.3 Å². The van der Waals surface area contributed by atoms with Crippen LogP contribution in [0.15, 0.2) is 54.9 Å². The van der Waals surface area contributed by atoms with Gasteiger partial charge in [-0.3, -0.25) is 4.40 Å². The van der Waals surface area contributed by atoms with Crippen molar-refractivity contribution in [1.82, 2.24) is 19.6 Å². The Morgan fingerprint density at radius 1 is 1.07 bits per heavy atom. The normalized spacial score (nSPS) is 13.1. The third-order valence-electron chi connectivity index (χ3n) is 5.75. The molecule has 0 aliphatic carbocycles. The smallest absolute Gasteiger partial charge is 0.257 e. The van der Waals surface area contributed by atoms with Crippen molar-refractivity contribution in [2.75, 3.05) is 24.5 Å². The fourth-order valence-corrected chi connectivity index (χ4v) is 3.91. The van der Waals surface area contributed by atoms with E-state index in [1.807, 2.05) is 23.6 Å². The second kappa shape index (κ2) is 7.56. The summed E-state index contributed by atoms with van der Waals surface area (Å²) in [5, 5.41) is 9.23. The molecule has 0 atom stereocenters.